The molecule has 0 aliphatic carbocycles. The van der Waals surface area contributed by atoms with Crippen LogP contribution in [0.4, 0.5) is 0 Å². The number of unbranched alkanes of at least 4 members (excludes halogenated alkanes) is 1. The molecule has 0 radical (unpaired) electrons. The van der Waals surface area contributed by atoms with Crippen LogP contribution >= 0.6 is 0 Å². The van der Waals surface area contributed by atoms with Gasteiger partial charge in [-0.25, -0.2) is 0 Å². The summed E-state index contributed by atoms with van der Waals surface area (Å²) in [5.41, 5.74) is -0.526. The predicted molar refractivity (Wildman–Crippen MR) is 78.2 cm³/mol. The second kappa shape index (κ2) is 7.85. The number of likely N-dealkylation sites (N-methyl/N-ethyl adjacent to an activating group) is 1. The average molecular weight is 270 g/mol. The zero-order chi connectivity index (χ0) is 14.3. The monoisotopic (exact) mass is 270 g/mol. The Labute approximate surface area is 117 Å². The number of nitrogens with zero attached hydrogens (tertiary/aromatic N) is 1. The van der Waals surface area contributed by atoms with E-state index < -0.39 is 5.54 Å². The lowest BCUT2D eigenvalue weighted by Gasteiger charge is -2.27. The third-order valence-electron chi connectivity index (χ3n) is 4.11. The van der Waals surface area contributed by atoms with Crippen molar-refractivity contribution in [2.45, 2.75) is 52.0 Å². The van der Waals surface area contributed by atoms with E-state index in [1.165, 1.54) is 26.6 Å². The van der Waals surface area contributed by atoms with E-state index in [0.29, 0.717) is 0 Å². The van der Waals surface area contributed by atoms with E-state index >= 15 is 0 Å². The first kappa shape index (κ1) is 16.4. The number of methoxy groups -OCH3 is 1. The summed E-state index contributed by atoms with van der Waals surface area (Å²) in [7, 11) is 1.46. The summed E-state index contributed by atoms with van der Waals surface area (Å²) in [6.45, 7) is 10.7. The van der Waals surface area contributed by atoms with Gasteiger partial charge in [0.1, 0.15) is 5.54 Å². The van der Waals surface area contributed by atoms with Crippen molar-refractivity contribution in [2.24, 2.45) is 5.92 Å². The molecule has 19 heavy (non-hydrogen) atoms. The van der Waals surface area contributed by atoms with Crippen LogP contribution in [0.15, 0.2) is 0 Å². The molecule has 0 aromatic carbocycles. The Kier molecular flexibility index (Phi) is 6.80. The number of hydrogen-bond donors (Lipinski definition) is 1. The lowest BCUT2D eigenvalue weighted by atomic mass is 9.94. The molecule has 0 aromatic rings. The Bertz CT molecular complexity index is 283. The van der Waals surface area contributed by atoms with E-state index in [4.69, 9.17) is 4.74 Å². The second-order valence-corrected chi connectivity index (χ2v) is 6.01. The number of carbonyl (C=O) groups excluding carboxylic acids is 1. The highest BCUT2D eigenvalue weighted by atomic mass is 16.5. The van der Waals surface area contributed by atoms with Crippen LogP contribution in [0.1, 0.15) is 46.5 Å². The quantitative estimate of drug-likeness (QED) is 0.541. The van der Waals surface area contributed by atoms with Gasteiger partial charge in [-0.15, -0.1) is 0 Å². The third kappa shape index (κ3) is 5.11. The summed E-state index contributed by atoms with van der Waals surface area (Å²) in [6, 6.07) is 0. The second-order valence-electron chi connectivity index (χ2n) is 6.01. The highest BCUT2D eigenvalue weighted by Crippen LogP contribution is 2.18. The average Bonchev–Trinajstić information content (AvgIpc) is 2.80. The van der Waals surface area contributed by atoms with Crippen molar-refractivity contribution < 1.29 is 9.53 Å². The van der Waals surface area contributed by atoms with Crippen LogP contribution < -0.4 is 5.32 Å². The molecule has 4 nitrogen and oxygen atoms in total. The van der Waals surface area contributed by atoms with Crippen LogP contribution in [0.2, 0.25) is 0 Å². The molecule has 0 saturated carbocycles. The Morgan fingerprint density at radius 2 is 2.21 bits per heavy atom. The van der Waals surface area contributed by atoms with Crippen LogP contribution in [-0.4, -0.2) is 49.7 Å². The summed E-state index contributed by atoms with van der Waals surface area (Å²) < 4.78 is 4.90. The molecule has 0 aromatic heterocycles. The zero-order valence-electron chi connectivity index (χ0n) is 13.0. The predicted octanol–water partition coefficient (Wildman–Crippen LogP) is 2.04. The summed E-state index contributed by atoms with van der Waals surface area (Å²) in [5, 5.41) is 3.26. The fraction of sp³-hybridized carbons (Fsp3) is 0.933. The number of nitrogens with one attached hydrogen (secondary N) is 1. The fourth-order valence-corrected chi connectivity index (χ4v) is 2.92. The Morgan fingerprint density at radius 3 is 2.74 bits per heavy atom. The number of hydrogen-bond acceptors (Lipinski definition) is 4. The smallest absolute Gasteiger partial charge is 0.325 e. The maximum Gasteiger partial charge on any atom is 0.325 e. The molecule has 2 atom stereocenters. The van der Waals surface area contributed by atoms with Crippen molar-refractivity contribution in [1.29, 1.82) is 0 Å². The minimum absolute atomic E-state index is 0.149. The first-order valence-electron chi connectivity index (χ1n) is 7.57. The number of carbonyl (C=O) groups is 1. The maximum atomic E-state index is 11.8. The Hall–Kier alpha value is -0.610. The summed E-state index contributed by atoms with van der Waals surface area (Å²) in [5.74, 6) is 0.700. The van der Waals surface area contributed by atoms with Crippen molar-refractivity contribution in [2.75, 3.05) is 33.3 Å². The van der Waals surface area contributed by atoms with Gasteiger partial charge in [0.15, 0.2) is 0 Å². The fourth-order valence-electron chi connectivity index (χ4n) is 2.92. The lowest BCUT2D eigenvalue weighted by Crippen LogP contribution is -2.50. The van der Waals surface area contributed by atoms with Gasteiger partial charge in [0.25, 0.3) is 0 Å². The molecule has 0 bridgehead atoms. The maximum absolute atomic E-state index is 11.8. The molecule has 1 N–H and O–H groups in total. The Balaban J connectivity index is 2.26. The van der Waals surface area contributed by atoms with E-state index in [0.717, 1.165) is 38.3 Å². The first-order valence-corrected chi connectivity index (χ1v) is 7.57. The van der Waals surface area contributed by atoms with Crippen LogP contribution in [0.5, 0.6) is 0 Å². The number of esters is 1. The highest BCUT2D eigenvalue weighted by Gasteiger charge is 2.32. The van der Waals surface area contributed by atoms with E-state index in [1.807, 2.05) is 13.8 Å². The van der Waals surface area contributed by atoms with Gasteiger partial charge >= 0.3 is 5.97 Å². The van der Waals surface area contributed by atoms with Crippen LogP contribution in [0, 0.1) is 5.92 Å². The van der Waals surface area contributed by atoms with Crippen LogP contribution in [0.3, 0.4) is 0 Å². The summed E-state index contributed by atoms with van der Waals surface area (Å²) in [4.78, 5) is 14.4. The molecule has 1 aliphatic rings. The lowest BCUT2D eigenvalue weighted by molar-refractivity contribution is -0.148. The molecule has 112 valence electrons. The van der Waals surface area contributed by atoms with E-state index in [-0.39, 0.29) is 5.97 Å². The molecule has 1 fully saturated rings. The number of ether oxygens (including phenoxy) is 1. The summed E-state index contributed by atoms with van der Waals surface area (Å²) in [6.07, 6.45) is 4.39. The van der Waals surface area contributed by atoms with E-state index in [1.54, 1.807) is 0 Å². The van der Waals surface area contributed by atoms with E-state index in [9.17, 15) is 4.79 Å². The number of rotatable bonds is 8. The molecular weight excluding hydrogens is 240 g/mol. The minimum Gasteiger partial charge on any atom is -0.468 e. The van der Waals surface area contributed by atoms with Gasteiger partial charge in [0, 0.05) is 6.54 Å². The van der Waals surface area contributed by atoms with Gasteiger partial charge in [-0.3, -0.25) is 4.79 Å². The van der Waals surface area contributed by atoms with E-state index in [2.05, 4.69) is 17.1 Å². The van der Waals surface area contributed by atoms with Gasteiger partial charge in [0.2, 0.25) is 0 Å². The van der Waals surface area contributed by atoms with Gasteiger partial charge in [-0.1, -0.05) is 13.8 Å². The standard InChI is InChI=1S/C15H30N2O2/c1-5-16-15(3,14(18)19-4)9-6-7-10-17-11-8-13(2)12-17/h13,16H,5-12H2,1-4H3. The van der Waals surface area contributed by atoms with Gasteiger partial charge < -0.3 is 15.0 Å². The zero-order valence-corrected chi connectivity index (χ0v) is 13.0. The highest BCUT2D eigenvalue weighted by molar-refractivity contribution is 5.80. The SMILES string of the molecule is CCNC(C)(CCCCN1CCC(C)C1)C(=O)OC. The van der Waals surface area contributed by atoms with Gasteiger partial charge in [0.05, 0.1) is 7.11 Å². The molecule has 2 unspecified atom stereocenters. The molecular formula is C15H30N2O2. The van der Waals surface area contributed by atoms with Crippen molar-refractivity contribution in [3.63, 3.8) is 0 Å². The van der Waals surface area contributed by atoms with Crippen molar-refractivity contribution in [3.05, 3.63) is 0 Å². The van der Waals surface area contributed by atoms with Crippen molar-refractivity contribution >= 4 is 5.97 Å². The molecule has 1 heterocycles. The molecule has 1 rings (SSSR count). The minimum atomic E-state index is -0.526. The largest absolute Gasteiger partial charge is 0.468 e. The summed E-state index contributed by atoms with van der Waals surface area (Å²) >= 11 is 0. The molecule has 0 spiro atoms. The Morgan fingerprint density at radius 1 is 1.47 bits per heavy atom. The first-order chi connectivity index (χ1) is 9.01. The number of likely N-dealkylation sites (tertiary alicyclic amines) is 1. The normalized spacial score (nSPS) is 23.3. The topological polar surface area (TPSA) is 41.6 Å². The van der Waals surface area contributed by atoms with Gasteiger partial charge in [-0.05, 0) is 58.2 Å². The van der Waals surface area contributed by atoms with Crippen molar-refractivity contribution in [3.8, 4) is 0 Å². The molecule has 1 saturated heterocycles. The van der Waals surface area contributed by atoms with Crippen molar-refractivity contribution in [1.82, 2.24) is 10.2 Å². The van der Waals surface area contributed by atoms with Crippen LogP contribution in [0.25, 0.3) is 0 Å². The molecule has 1 aliphatic heterocycles. The molecule has 4 heteroatoms. The van der Waals surface area contributed by atoms with Crippen LogP contribution in [-0.2, 0) is 9.53 Å². The third-order valence-corrected chi connectivity index (χ3v) is 4.11. The molecule has 0 amide bonds. The van der Waals surface area contributed by atoms with Gasteiger partial charge in [-0.2, -0.15) is 0 Å².